The lowest BCUT2D eigenvalue weighted by molar-refractivity contribution is 0.422. The second-order valence-corrected chi connectivity index (χ2v) is 6.06. The van der Waals surface area contributed by atoms with Gasteiger partial charge in [0.1, 0.15) is 0 Å². The lowest BCUT2D eigenvalue weighted by Gasteiger charge is -2.27. The van der Waals surface area contributed by atoms with Gasteiger partial charge in [-0.1, -0.05) is 50.6 Å². The van der Waals surface area contributed by atoms with Crippen LogP contribution in [0.2, 0.25) is 0 Å². The molecule has 0 fully saturated rings. The molecule has 0 saturated carbocycles. The molecule has 1 aromatic rings. The van der Waals surface area contributed by atoms with Gasteiger partial charge in [-0.05, 0) is 37.9 Å². The Kier molecular flexibility index (Phi) is 5.83. The van der Waals surface area contributed by atoms with Gasteiger partial charge in [0.15, 0.2) is 0 Å². The highest BCUT2D eigenvalue weighted by atomic mass is 14.9. The van der Waals surface area contributed by atoms with Gasteiger partial charge in [-0.2, -0.15) is 0 Å². The van der Waals surface area contributed by atoms with Gasteiger partial charge in [0, 0.05) is 12.0 Å². The summed E-state index contributed by atoms with van der Waals surface area (Å²) in [6.07, 6.45) is 1.10. The molecular formula is C16H28N2. The van der Waals surface area contributed by atoms with Crippen LogP contribution in [0.15, 0.2) is 24.3 Å². The summed E-state index contributed by atoms with van der Waals surface area (Å²) in [5.41, 5.74) is 8.46. The van der Waals surface area contributed by atoms with Gasteiger partial charge in [0.25, 0.3) is 0 Å². The molecule has 0 aliphatic carbocycles. The van der Waals surface area contributed by atoms with Gasteiger partial charge in [0.05, 0.1) is 0 Å². The molecule has 0 heterocycles. The lowest BCUT2D eigenvalue weighted by atomic mass is 9.84. The molecule has 0 radical (unpaired) electrons. The van der Waals surface area contributed by atoms with Crippen LogP contribution in [0.4, 0.5) is 0 Å². The van der Waals surface area contributed by atoms with Crippen molar-refractivity contribution in [2.24, 2.45) is 11.7 Å². The molecule has 0 aromatic heterocycles. The molecule has 0 spiro atoms. The summed E-state index contributed by atoms with van der Waals surface area (Å²) in [5, 5.41) is 3.57. The minimum Gasteiger partial charge on any atom is -0.330 e. The highest BCUT2D eigenvalue weighted by molar-refractivity contribution is 5.27. The van der Waals surface area contributed by atoms with E-state index >= 15 is 0 Å². The fourth-order valence-electron chi connectivity index (χ4n) is 2.12. The number of rotatable bonds is 7. The third kappa shape index (κ3) is 4.79. The van der Waals surface area contributed by atoms with E-state index in [9.17, 15) is 0 Å². The Labute approximate surface area is 112 Å². The Balaban J connectivity index is 2.46. The maximum Gasteiger partial charge on any atom is 0.00432 e. The third-order valence-electron chi connectivity index (χ3n) is 3.55. The van der Waals surface area contributed by atoms with Gasteiger partial charge in [-0.3, -0.25) is 0 Å². The van der Waals surface area contributed by atoms with Crippen LogP contribution in [-0.2, 0) is 5.41 Å². The van der Waals surface area contributed by atoms with Crippen LogP contribution >= 0.6 is 0 Å². The zero-order chi connectivity index (χ0) is 13.6. The summed E-state index contributed by atoms with van der Waals surface area (Å²) < 4.78 is 0. The van der Waals surface area contributed by atoms with Crippen LogP contribution in [-0.4, -0.2) is 19.6 Å². The van der Waals surface area contributed by atoms with Crippen molar-refractivity contribution >= 4 is 0 Å². The van der Waals surface area contributed by atoms with Gasteiger partial charge in [0.2, 0.25) is 0 Å². The first-order valence-electron chi connectivity index (χ1n) is 6.93. The number of nitrogens with two attached hydrogens (primary N) is 1. The van der Waals surface area contributed by atoms with E-state index < -0.39 is 0 Å². The molecule has 3 N–H and O–H groups in total. The van der Waals surface area contributed by atoms with Crippen molar-refractivity contribution in [3.05, 3.63) is 35.4 Å². The smallest absolute Gasteiger partial charge is 0.00432 e. The van der Waals surface area contributed by atoms with Gasteiger partial charge >= 0.3 is 0 Å². The fraction of sp³-hybridized carbons (Fsp3) is 0.625. The van der Waals surface area contributed by atoms with Crippen molar-refractivity contribution in [1.82, 2.24) is 5.32 Å². The molecule has 2 nitrogen and oxygen atoms in total. The number of aryl methyl sites for hydroxylation is 1. The minimum atomic E-state index is 0.177. The molecule has 1 rings (SSSR count). The van der Waals surface area contributed by atoms with Gasteiger partial charge in [-0.25, -0.2) is 0 Å². The van der Waals surface area contributed by atoms with Crippen LogP contribution in [0, 0.1) is 12.8 Å². The van der Waals surface area contributed by atoms with Gasteiger partial charge in [-0.15, -0.1) is 0 Å². The van der Waals surface area contributed by atoms with Crippen LogP contribution in [0.1, 0.15) is 38.3 Å². The molecule has 18 heavy (non-hydrogen) atoms. The number of hydrogen-bond acceptors (Lipinski definition) is 2. The van der Waals surface area contributed by atoms with Crippen molar-refractivity contribution in [2.45, 2.75) is 39.5 Å². The Bertz CT molecular complexity index is 341. The van der Waals surface area contributed by atoms with Crippen LogP contribution in [0.5, 0.6) is 0 Å². The molecule has 0 aliphatic heterocycles. The van der Waals surface area contributed by atoms with E-state index in [2.05, 4.69) is 57.3 Å². The minimum absolute atomic E-state index is 0.177. The summed E-state index contributed by atoms with van der Waals surface area (Å²) in [6.45, 7) is 11.8. The van der Waals surface area contributed by atoms with E-state index in [1.54, 1.807) is 0 Å². The summed E-state index contributed by atoms with van der Waals surface area (Å²) in [6, 6.07) is 8.85. The molecule has 102 valence electrons. The first-order chi connectivity index (χ1) is 8.45. The number of nitrogens with one attached hydrogen (secondary N) is 1. The van der Waals surface area contributed by atoms with E-state index in [0.29, 0.717) is 5.92 Å². The van der Waals surface area contributed by atoms with E-state index in [-0.39, 0.29) is 5.41 Å². The molecule has 1 aromatic carbocycles. The van der Waals surface area contributed by atoms with Crippen molar-refractivity contribution < 1.29 is 0 Å². The van der Waals surface area contributed by atoms with E-state index in [1.165, 1.54) is 11.1 Å². The topological polar surface area (TPSA) is 38.0 Å². The number of hydrogen-bond donors (Lipinski definition) is 2. The zero-order valence-corrected chi connectivity index (χ0v) is 12.3. The number of benzene rings is 1. The summed E-state index contributed by atoms with van der Waals surface area (Å²) in [5.74, 6) is 0.656. The van der Waals surface area contributed by atoms with E-state index in [0.717, 1.165) is 26.1 Å². The Morgan fingerprint density at radius 1 is 1.22 bits per heavy atom. The largest absolute Gasteiger partial charge is 0.330 e. The molecule has 0 saturated heterocycles. The molecule has 0 amide bonds. The summed E-state index contributed by atoms with van der Waals surface area (Å²) >= 11 is 0. The highest BCUT2D eigenvalue weighted by Crippen LogP contribution is 2.22. The van der Waals surface area contributed by atoms with Crippen molar-refractivity contribution in [2.75, 3.05) is 19.6 Å². The van der Waals surface area contributed by atoms with Crippen molar-refractivity contribution in [1.29, 1.82) is 0 Å². The second kappa shape index (κ2) is 6.91. The average molecular weight is 248 g/mol. The van der Waals surface area contributed by atoms with Crippen molar-refractivity contribution in [3.63, 3.8) is 0 Å². The van der Waals surface area contributed by atoms with Crippen LogP contribution in [0.25, 0.3) is 0 Å². The standard InChI is InChI=1S/C16H28N2/c1-13-5-7-15(8-6-13)16(3,4)12-18-11-14(2)9-10-17/h5-8,14,18H,9-12,17H2,1-4H3. The van der Waals surface area contributed by atoms with Crippen LogP contribution in [0.3, 0.4) is 0 Å². The SMILES string of the molecule is Cc1ccc(C(C)(C)CNCC(C)CCN)cc1. The summed E-state index contributed by atoms with van der Waals surface area (Å²) in [7, 11) is 0. The maximum atomic E-state index is 5.56. The molecule has 0 aliphatic rings. The molecule has 0 bridgehead atoms. The normalized spacial score (nSPS) is 13.6. The lowest BCUT2D eigenvalue weighted by Crippen LogP contribution is -2.35. The Hall–Kier alpha value is -0.860. The predicted octanol–water partition coefficient (Wildman–Crippen LogP) is 2.85. The molecular weight excluding hydrogens is 220 g/mol. The fourth-order valence-corrected chi connectivity index (χ4v) is 2.12. The predicted molar refractivity (Wildman–Crippen MR) is 79.9 cm³/mol. The second-order valence-electron chi connectivity index (χ2n) is 6.06. The average Bonchev–Trinajstić information content (AvgIpc) is 2.29. The highest BCUT2D eigenvalue weighted by Gasteiger charge is 2.19. The van der Waals surface area contributed by atoms with Crippen LogP contribution < -0.4 is 11.1 Å². The Morgan fingerprint density at radius 3 is 2.39 bits per heavy atom. The maximum absolute atomic E-state index is 5.56. The molecule has 2 heteroatoms. The van der Waals surface area contributed by atoms with E-state index in [1.807, 2.05) is 0 Å². The molecule has 1 unspecified atom stereocenters. The first-order valence-corrected chi connectivity index (χ1v) is 6.93. The van der Waals surface area contributed by atoms with Crippen molar-refractivity contribution in [3.8, 4) is 0 Å². The first kappa shape index (κ1) is 15.2. The Morgan fingerprint density at radius 2 is 1.83 bits per heavy atom. The monoisotopic (exact) mass is 248 g/mol. The molecule has 1 atom stereocenters. The van der Waals surface area contributed by atoms with E-state index in [4.69, 9.17) is 5.73 Å². The zero-order valence-electron chi connectivity index (χ0n) is 12.3. The third-order valence-corrected chi connectivity index (χ3v) is 3.55. The van der Waals surface area contributed by atoms with Gasteiger partial charge < -0.3 is 11.1 Å². The summed E-state index contributed by atoms with van der Waals surface area (Å²) in [4.78, 5) is 0. The quantitative estimate of drug-likeness (QED) is 0.778.